The van der Waals surface area contributed by atoms with Gasteiger partial charge in [0, 0.05) is 31.3 Å². The van der Waals surface area contributed by atoms with E-state index in [2.05, 4.69) is 0 Å². The Morgan fingerprint density at radius 3 is 2.50 bits per heavy atom. The Morgan fingerprint density at radius 2 is 2.00 bits per heavy atom. The Kier molecular flexibility index (Phi) is 2.05. The topological polar surface area (TPSA) is 29.5 Å². The van der Waals surface area contributed by atoms with Gasteiger partial charge in [-0.3, -0.25) is 4.79 Å². The molecule has 3 heteroatoms. The summed E-state index contributed by atoms with van der Waals surface area (Å²) in [6.45, 7) is 5.50. The van der Waals surface area contributed by atoms with Crippen LogP contribution in [0.5, 0.6) is 0 Å². The Morgan fingerprint density at radius 1 is 1.42 bits per heavy atom. The Bertz CT molecular complexity index is 181. The second-order valence-electron chi connectivity index (χ2n) is 3.71. The van der Waals surface area contributed by atoms with Crippen LogP contribution in [0.15, 0.2) is 0 Å². The summed E-state index contributed by atoms with van der Waals surface area (Å²) in [5.41, 5.74) is 0. The van der Waals surface area contributed by atoms with Crippen molar-refractivity contribution in [1.29, 1.82) is 0 Å². The van der Waals surface area contributed by atoms with Crippen LogP contribution in [0.4, 0.5) is 0 Å². The van der Waals surface area contributed by atoms with Crippen LogP contribution in [-0.4, -0.2) is 37.1 Å². The fourth-order valence-electron chi connectivity index (χ4n) is 2.11. The minimum Gasteiger partial charge on any atom is -0.381 e. The zero-order chi connectivity index (χ0) is 8.55. The average molecular weight is 169 g/mol. The van der Waals surface area contributed by atoms with Gasteiger partial charge in [0.15, 0.2) is 0 Å². The van der Waals surface area contributed by atoms with Crippen LogP contribution in [-0.2, 0) is 9.53 Å². The van der Waals surface area contributed by atoms with Crippen molar-refractivity contribution in [3.8, 4) is 0 Å². The molecule has 0 aromatic rings. The molecule has 2 atom stereocenters. The fraction of sp³-hybridized carbons (Fsp3) is 0.889. The largest absolute Gasteiger partial charge is 0.381 e. The highest BCUT2D eigenvalue weighted by Gasteiger charge is 2.38. The molecule has 3 nitrogen and oxygen atoms in total. The van der Waals surface area contributed by atoms with E-state index in [0.29, 0.717) is 24.2 Å². The highest BCUT2D eigenvalue weighted by Crippen LogP contribution is 2.29. The average Bonchev–Trinajstić information content (AvgIpc) is 2.60. The molecule has 2 rings (SSSR count). The number of hydrogen-bond acceptors (Lipinski definition) is 2. The molecule has 0 radical (unpaired) electrons. The van der Waals surface area contributed by atoms with Gasteiger partial charge in [-0.05, 0) is 0 Å². The molecule has 1 amide bonds. The minimum atomic E-state index is 0.296. The zero-order valence-electron chi connectivity index (χ0n) is 7.45. The van der Waals surface area contributed by atoms with Gasteiger partial charge in [-0.2, -0.15) is 0 Å². The maximum atomic E-state index is 11.3. The molecule has 0 aromatic heterocycles. The van der Waals surface area contributed by atoms with E-state index in [-0.39, 0.29) is 0 Å². The van der Waals surface area contributed by atoms with Crippen molar-refractivity contribution >= 4 is 5.91 Å². The fourth-order valence-corrected chi connectivity index (χ4v) is 2.11. The maximum Gasteiger partial charge on any atom is 0.222 e. The number of amides is 1. The summed E-state index contributed by atoms with van der Waals surface area (Å²) in [5.74, 6) is 1.55. The molecule has 2 fully saturated rings. The predicted molar refractivity (Wildman–Crippen MR) is 44.7 cm³/mol. The molecule has 0 bridgehead atoms. The number of rotatable bonds is 1. The van der Waals surface area contributed by atoms with Crippen LogP contribution in [0.3, 0.4) is 0 Å². The first kappa shape index (κ1) is 8.05. The van der Waals surface area contributed by atoms with Gasteiger partial charge in [0.05, 0.1) is 13.2 Å². The van der Waals surface area contributed by atoms with E-state index >= 15 is 0 Å². The van der Waals surface area contributed by atoms with Gasteiger partial charge in [0.25, 0.3) is 0 Å². The van der Waals surface area contributed by atoms with Crippen molar-refractivity contribution < 1.29 is 9.53 Å². The first-order chi connectivity index (χ1) is 5.81. The number of fused-ring (bicyclic) bond motifs is 1. The van der Waals surface area contributed by atoms with Gasteiger partial charge < -0.3 is 9.64 Å². The van der Waals surface area contributed by atoms with Crippen LogP contribution in [0.2, 0.25) is 0 Å². The first-order valence-electron chi connectivity index (χ1n) is 4.66. The van der Waals surface area contributed by atoms with E-state index in [4.69, 9.17) is 4.74 Å². The van der Waals surface area contributed by atoms with Crippen molar-refractivity contribution in [2.45, 2.75) is 13.3 Å². The normalized spacial score (nSPS) is 33.9. The summed E-state index contributed by atoms with van der Waals surface area (Å²) in [5, 5.41) is 0. The molecule has 0 saturated carbocycles. The van der Waals surface area contributed by atoms with E-state index in [0.717, 1.165) is 26.3 Å². The minimum absolute atomic E-state index is 0.296. The van der Waals surface area contributed by atoms with Gasteiger partial charge in [-0.15, -0.1) is 0 Å². The third kappa shape index (κ3) is 1.22. The molecule has 0 spiro atoms. The number of nitrogens with zero attached hydrogens (tertiary/aromatic N) is 1. The van der Waals surface area contributed by atoms with Crippen LogP contribution in [0.1, 0.15) is 13.3 Å². The number of hydrogen-bond donors (Lipinski definition) is 0. The predicted octanol–water partition coefficient (Wildman–Crippen LogP) is 0.501. The molecule has 0 aromatic carbocycles. The highest BCUT2D eigenvalue weighted by atomic mass is 16.5. The van der Waals surface area contributed by atoms with E-state index in [1.165, 1.54) is 0 Å². The Labute approximate surface area is 72.7 Å². The molecule has 68 valence electrons. The van der Waals surface area contributed by atoms with E-state index < -0.39 is 0 Å². The van der Waals surface area contributed by atoms with E-state index in [9.17, 15) is 4.79 Å². The molecule has 0 N–H and O–H groups in total. The lowest BCUT2D eigenvalue weighted by molar-refractivity contribution is -0.130. The number of ether oxygens (including phenoxy) is 1. The quantitative estimate of drug-likeness (QED) is 0.572. The van der Waals surface area contributed by atoms with Crippen LogP contribution >= 0.6 is 0 Å². The lowest BCUT2D eigenvalue weighted by Gasteiger charge is -2.15. The van der Waals surface area contributed by atoms with Crippen molar-refractivity contribution in [1.82, 2.24) is 4.90 Å². The molecular formula is C9H15NO2. The molecule has 2 aliphatic rings. The highest BCUT2D eigenvalue weighted by molar-refractivity contribution is 5.76. The summed E-state index contributed by atoms with van der Waals surface area (Å²) in [6, 6.07) is 0. The van der Waals surface area contributed by atoms with Crippen molar-refractivity contribution in [3.05, 3.63) is 0 Å². The maximum absolute atomic E-state index is 11.3. The SMILES string of the molecule is CCC(=O)N1CC2COCC2C1. The molecular weight excluding hydrogens is 154 g/mol. The standard InChI is InChI=1S/C9H15NO2/c1-2-9(11)10-3-7-5-12-6-8(7)4-10/h7-8H,2-6H2,1H3. The van der Waals surface area contributed by atoms with Gasteiger partial charge in [-0.25, -0.2) is 0 Å². The third-order valence-corrected chi connectivity index (χ3v) is 2.90. The Hall–Kier alpha value is -0.570. The van der Waals surface area contributed by atoms with Gasteiger partial charge in [0.2, 0.25) is 5.91 Å². The summed E-state index contributed by atoms with van der Waals surface area (Å²) in [6.07, 6.45) is 0.639. The second kappa shape index (κ2) is 3.05. The van der Waals surface area contributed by atoms with E-state index in [1.807, 2.05) is 11.8 Å². The molecule has 2 aliphatic heterocycles. The second-order valence-corrected chi connectivity index (χ2v) is 3.71. The summed E-state index contributed by atoms with van der Waals surface area (Å²) >= 11 is 0. The molecule has 2 saturated heterocycles. The lowest BCUT2D eigenvalue weighted by Crippen LogP contribution is -2.29. The van der Waals surface area contributed by atoms with Crippen LogP contribution in [0.25, 0.3) is 0 Å². The van der Waals surface area contributed by atoms with Crippen molar-refractivity contribution in [2.24, 2.45) is 11.8 Å². The molecule has 12 heavy (non-hydrogen) atoms. The summed E-state index contributed by atoms with van der Waals surface area (Å²) < 4.78 is 5.34. The lowest BCUT2D eigenvalue weighted by atomic mass is 10.0. The van der Waals surface area contributed by atoms with E-state index in [1.54, 1.807) is 0 Å². The zero-order valence-corrected chi connectivity index (χ0v) is 7.45. The Balaban J connectivity index is 1.94. The number of likely N-dealkylation sites (tertiary alicyclic amines) is 1. The van der Waals surface area contributed by atoms with Crippen molar-refractivity contribution in [2.75, 3.05) is 26.3 Å². The molecule has 2 unspecified atom stereocenters. The van der Waals surface area contributed by atoms with Gasteiger partial charge in [0.1, 0.15) is 0 Å². The summed E-state index contributed by atoms with van der Waals surface area (Å²) in [7, 11) is 0. The first-order valence-corrected chi connectivity index (χ1v) is 4.66. The van der Waals surface area contributed by atoms with Crippen LogP contribution < -0.4 is 0 Å². The monoisotopic (exact) mass is 169 g/mol. The smallest absolute Gasteiger partial charge is 0.222 e. The van der Waals surface area contributed by atoms with Crippen LogP contribution in [0, 0.1) is 11.8 Å². The number of carbonyl (C=O) groups excluding carboxylic acids is 1. The summed E-state index contributed by atoms with van der Waals surface area (Å²) in [4.78, 5) is 13.3. The van der Waals surface area contributed by atoms with Gasteiger partial charge in [-0.1, -0.05) is 6.92 Å². The molecule has 2 heterocycles. The van der Waals surface area contributed by atoms with Gasteiger partial charge >= 0.3 is 0 Å². The molecule has 0 aliphatic carbocycles. The third-order valence-electron chi connectivity index (χ3n) is 2.90. The number of carbonyl (C=O) groups is 1. The van der Waals surface area contributed by atoms with Crippen molar-refractivity contribution in [3.63, 3.8) is 0 Å².